The molecule has 0 radical (unpaired) electrons. The summed E-state index contributed by atoms with van der Waals surface area (Å²) in [7, 11) is 2.10. The summed E-state index contributed by atoms with van der Waals surface area (Å²) in [5.74, 6) is 1.05. The summed E-state index contributed by atoms with van der Waals surface area (Å²) in [6.07, 6.45) is 0.193. The summed E-state index contributed by atoms with van der Waals surface area (Å²) >= 11 is 0. The minimum Gasteiger partial charge on any atom is -0.485 e. The quantitative estimate of drug-likeness (QED) is 0.852. The van der Waals surface area contributed by atoms with Gasteiger partial charge in [0.2, 0.25) is 5.91 Å². The molecule has 1 saturated heterocycles. The fourth-order valence-electron chi connectivity index (χ4n) is 3.53. The number of carbonyl (C=O) groups excluding carboxylic acids is 1. The second kappa shape index (κ2) is 6.29. The molecule has 2 aromatic carbocycles. The Kier molecular flexibility index (Phi) is 3.98. The van der Waals surface area contributed by atoms with E-state index in [2.05, 4.69) is 30.1 Å². The van der Waals surface area contributed by atoms with Crippen LogP contribution in [0.3, 0.4) is 0 Å². The number of hydrogen-bond acceptors (Lipinski definition) is 3. The van der Waals surface area contributed by atoms with Crippen LogP contribution in [-0.2, 0) is 4.79 Å². The van der Waals surface area contributed by atoms with E-state index in [1.165, 1.54) is 5.56 Å². The molecule has 4 heteroatoms. The lowest BCUT2D eigenvalue weighted by molar-refractivity contribution is -0.134. The molecule has 2 aliphatic heterocycles. The lowest BCUT2D eigenvalue weighted by atomic mass is 9.91. The van der Waals surface area contributed by atoms with E-state index in [1.54, 1.807) is 0 Å². The van der Waals surface area contributed by atoms with Gasteiger partial charge in [-0.1, -0.05) is 42.5 Å². The molecule has 24 heavy (non-hydrogen) atoms. The topological polar surface area (TPSA) is 32.8 Å². The van der Waals surface area contributed by atoms with Crippen LogP contribution in [0.15, 0.2) is 48.5 Å². The Morgan fingerprint density at radius 2 is 1.67 bits per heavy atom. The standard InChI is InChI=1S/C20H22N2O2/c1-21-10-12-22(13-11-21)20(23)14-19-17-8-3-2-6-15(17)16-7-4-5-9-18(16)24-19/h2-9,19H,10-14H2,1H3. The maximum Gasteiger partial charge on any atom is 0.226 e. The summed E-state index contributed by atoms with van der Waals surface area (Å²) in [6, 6.07) is 16.3. The highest BCUT2D eigenvalue weighted by atomic mass is 16.5. The van der Waals surface area contributed by atoms with E-state index in [4.69, 9.17) is 4.74 Å². The molecule has 124 valence electrons. The summed E-state index contributed by atoms with van der Waals surface area (Å²) in [5.41, 5.74) is 3.39. The molecule has 4 rings (SSSR count). The molecule has 0 bridgehead atoms. The van der Waals surface area contributed by atoms with E-state index in [-0.39, 0.29) is 12.0 Å². The number of para-hydroxylation sites is 1. The molecule has 1 amide bonds. The van der Waals surface area contributed by atoms with E-state index in [0.29, 0.717) is 6.42 Å². The van der Waals surface area contributed by atoms with Crippen molar-refractivity contribution in [3.63, 3.8) is 0 Å². The zero-order valence-electron chi connectivity index (χ0n) is 13.9. The summed E-state index contributed by atoms with van der Waals surface area (Å²) in [6.45, 7) is 3.49. The van der Waals surface area contributed by atoms with Gasteiger partial charge in [0.05, 0.1) is 6.42 Å². The smallest absolute Gasteiger partial charge is 0.226 e. The minimum atomic E-state index is -0.205. The third kappa shape index (κ3) is 2.78. The molecule has 0 saturated carbocycles. The minimum absolute atomic E-state index is 0.183. The van der Waals surface area contributed by atoms with Gasteiger partial charge in [-0.2, -0.15) is 0 Å². The Morgan fingerprint density at radius 1 is 1.00 bits per heavy atom. The first-order valence-corrected chi connectivity index (χ1v) is 8.53. The molecule has 2 aromatic rings. The summed E-state index contributed by atoms with van der Waals surface area (Å²) in [4.78, 5) is 16.9. The molecule has 1 fully saturated rings. The fraction of sp³-hybridized carbons (Fsp3) is 0.350. The molecule has 1 atom stereocenters. The van der Waals surface area contributed by atoms with Crippen LogP contribution in [0.4, 0.5) is 0 Å². The van der Waals surface area contributed by atoms with Crippen LogP contribution < -0.4 is 4.74 Å². The van der Waals surface area contributed by atoms with Gasteiger partial charge in [-0.15, -0.1) is 0 Å². The lowest BCUT2D eigenvalue weighted by Crippen LogP contribution is -2.47. The second-order valence-electron chi connectivity index (χ2n) is 6.58. The third-order valence-corrected chi connectivity index (χ3v) is 4.97. The highest BCUT2D eigenvalue weighted by molar-refractivity contribution is 5.80. The number of hydrogen-bond donors (Lipinski definition) is 0. The van der Waals surface area contributed by atoms with Gasteiger partial charge >= 0.3 is 0 Å². The average Bonchev–Trinajstić information content (AvgIpc) is 2.62. The molecular weight excluding hydrogens is 300 g/mol. The van der Waals surface area contributed by atoms with Crippen LogP contribution >= 0.6 is 0 Å². The van der Waals surface area contributed by atoms with Gasteiger partial charge in [0.15, 0.2) is 0 Å². The zero-order chi connectivity index (χ0) is 16.5. The first kappa shape index (κ1) is 15.2. The summed E-state index contributed by atoms with van der Waals surface area (Å²) < 4.78 is 6.18. The highest BCUT2D eigenvalue weighted by Crippen LogP contribution is 2.43. The normalized spacial score (nSPS) is 20.0. The largest absolute Gasteiger partial charge is 0.485 e. The van der Waals surface area contributed by atoms with Crippen molar-refractivity contribution in [1.29, 1.82) is 0 Å². The van der Waals surface area contributed by atoms with Crippen LogP contribution in [-0.4, -0.2) is 48.9 Å². The van der Waals surface area contributed by atoms with E-state index in [1.807, 2.05) is 35.2 Å². The van der Waals surface area contributed by atoms with Crippen molar-refractivity contribution in [2.45, 2.75) is 12.5 Å². The van der Waals surface area contributed by atoms with Gasteiger partial charge in [-0.25, -0.2) is 0 Å². The molecule has 0 N–H and O–H groups in total. The van der Waals surface area contributed by atoms with Gasteiger partial charge in [0, 0.05) is 37.3 Å². The Labute approximate surface area is 142 Å². The van der Waals surface area contributed by atoms with E-state index < -0.39 is 0 Å². The number of amides is 1. The molecular formula is C20H22N2O2. The highest BCUT2D eigenvalue weighted by Gasteiger charge is 2.29. The Bertz CT molecular complexity index is 751. The van der Waals surface area contributed by atoms with Crippen LogP contribution in [0.2, 0.25) is 0 Å². The predicted octanol–water partition coefficient (Wildman–Crippen LogP) is 2.95. The molecule has 0 aliphatic carbocycles. The number of ether oxygens (including phenoxy) is 1. The van der Waals surface area contributed by atoms with Gasteiger partial charge in [-0.05, 0) is 18.7 Å². The zero-order valence-corrected chi connectivity index (χ0v) is 13.9. The number of nitrogens with zero attached hydrogens (tertiary/aromatic N) is 2. The fourth-order valence-corrected chi connectivity index (χ4v) is 3.53. The van der Waals surface area contributed by atoms with Gasteiger partial charge < -0.3 is 14.5 Å². The monoisotopic (exact) mass is 322 g/mol. The van der Waals surface area contributed by atoms with Crippen LogP contribution in [0.5, 0.6) is 5.75 Å². The number of likely N-dealkylation sites (N-methyl/N-ethyl adjacent to an activating group) is 1. The van der Waals surface area contributed by atoms with Crippen LogP contribution in [0.1, 0.15) is 18.1 Å². The number of piperazine rings is 1. The van der Waals surface area contributed by atoms with Gasteiger partial charge in [0.1, 0.15) is 11.9 Å². The molecule has 4 nitrogen and oxygen atoms in total. The molecule has 0 aromatic heterocycles. The first-order valence-electron chi connectivity index (χ1n) is 8.53. The van der Waals surface area contributed by atoms with Gasteiger partial charge in [-0.3, -0.25) is 4.79 Å². The Balaban J connectivity index is 1.57. The molecule has 2 heterocycles. The lowest BCUT2D eigenvalue weighted by Gasteiger charge is -2.34. The SMILES string of the molecule is CN1CCN(C(=O)CC2Oc3ccccc3-c3ccccc32)CC1. The van der Waals surface area contributed by atoms with Crippen LogP contribution in [0.25, 0.3) is 11.1 Å². The maximum atomic E-state index is 12.7. The van der Waals surface area contributed by atoms with Crippen molar-refractivity contribution < 1.29 is 9.53 Å². The summed E-state index contributed by atoms with van der Waals surface area (Å²) in [5, 5.41) is 0. The van der Waals surface area contributed by atoms with Crippen molar-refractivity contribution in [2.24, 2.45) is 0 Å². The Morgan fingerprint density at radius 3 is 2.46 bits per heavy atom. The number of fused-ring (bicyclic) bond motifs is 3. The predicted molar refractivity (Wildman–Crippen MR) is 93.9 cm³/mol. The van der Waals surface area contributed by atoms with E-state index >= 15 is 0 Å². The number of benzene rings is 2. The third-order valence-electron chi connectivity index (χ3n) is 4.97. The Hall–Kier alpha value is -2.33. The van der Waals surface area contributed by atoms with Gasteiger partial charge in [0.25, 0.3) is 0 Å². The number of rotatable bonds is 2. The average molecular weight is 322 g/mol. The van der Waals surface area contributed by atoms with Crippen molar-refractivity contribution in [3.05, 3.63) is 54.1 Å². The maximum absolute atomic E-state index is 12.7. The van der Waals surface area contributed by atoms with E-state index in [0.717, 1.165) is 43.1 Å². The van der Waals surface area contributed by atoms with E-state index in [9.17, 15) is 4.79 Å². The molecule has 1 unspecified atom stereocenters. The van der Waals surface area contributed by atoms with Crippen molar-refractivity contribution in [3.8, 4) is 16.9 Å². The molecule has 0 spiro atoms. The molecule has 2 aliphatic rings. The van der Waals surface area contributed by atoms with Crippen LogP contribution in [0, 0.1) is 0 Å². The second-order valence-corrected chi connectivity index (χ2v) is 6.58. The first-order chi connectivity index (χ1) is 11.7. The van der Waals surface area contributed by atoms with Crippen molar-refractivity contribution in [2.75, 3.05) is 33.2 Å². The number of carbonyl (C=O) groups is 1. The van der Waals surface area contributed by atoms with Crippen molar-refractivity contribution >= 4 is 5.91 Å². The van der Waals surface area contributed by atoms with Crippen molar-refractivity contribution in [1.82, 2.24) is 9.80 Å².